The van der Waals surface area contributed by atoms with E-state index in [1.165, 1.54) is 41.4 Å². The third kappa shape index (κ3) is 6.20. The molecule has 33 heavy (non-hydrogen) atoms. The lowest BCUT2D eigenvalue weighted by Gasteiger charge is -2.15. The van der Waals surface area contributed by atoms with Gasteiger partial charge in [-0.15, -0.1) is 0 Å². The Labute approximate surface area is 199 Å². The summed E-state index contributed by atoms with van der Waals surface area (Å²) in [6.07, 6.45) is 6.23. The summed E-state index contributed by atoms with van der Waals surface area (Å²) in [5.41, 5.74) is 4.78. The molecule has 7 nitrogen and oxygen atoms in total. The van der Waals surface area contributed by atoms with E-state index in [9.17, 15) is 13.5 Å². The number of rotatable bonds is 9. The van der Waals surface area contributed by atoms with Gasteiger partial charge in [-0.25, -0.2) is 8.42 Å². The van der Waals surface area contributed by atoms with E-state index in [4.69, 9.17) is 16.3 Å². The van der Waals surface area contributed by atoms with E-state index in [2.05, 4.69) is 27.2 Å². The number of aliphatic hydroxyl groups is 1. The lowest BCUT2D eigenvalue weighted by molar-refractivity contribution is 0.172. The largest absolute Gasteiger partial charge is 0.492 e. The van der Waals surface area contributed by atoms with Gasteiger partial charge in [-0.2, -0.15) is 0 Å². The monoisotopic (exact) mass is 491 g/mol. The molecule has 1 aromatic heterocycles. The number of aromatic amines is 1. The third-order valence-electron chi connectivity index (χ3n) is 5.88. The van der Waals surface area contributed by atoms with Gasteiger partial charge in [0.2, 0.25) is 10.0 Å². The molecule has 0 saturated heterocycles. The number of aliphatic hydroxyl groups excluding tert-OH is 1. The van der Waals surface area contributed by atoms with Crippen LogP contribution in [0.2, 0.25) is 5.02 Å². The first-order valence-corrected chi connectivity index (χ1v) is 13.5. The fourth-order valence-corrected chi connectivity index (χ4v) is 5.07. The highest BCUT2D eigenvalue weighted by Gasteiger charge is 2.15. The standard InChI is InChI=1S/C24H30ClN3O4S/c1-33(30,31)28-23-13-16(7-9-20(23)25)24(29)15-26-11-12-32-17-8-10-22-19(14-17)18-5-3-2-4-6-21(18)27-22/h7-10,13-14,24,26-29H,2-6,11-12,15H2,1H3/t24-/m0/s1. The van der Waals surface area contributed by atoms with Gasteiger partial charge in [0.05, 0.1) is 23.1 Å². The lowest BCUT2D eigenvalue weighted by Crippen LogP contribution is -2.26. The van der Waals surface area contributed by atoms with Crippen molar-refractivity contribution in [2.24, 2.45) is 0 Å². The molecule has 0 unspecified atom stereocenters. The topological polar surface area (TPSA) is 103 Å². The molecule has 1 atom stereocenters. The molecule has 4 N–H and O–H groups in total. The molecule has 3 aromatic rings. The van der Waals surface area contributed by atoms with Crippen LogP contribution in [0.1, 0.15) is 42.2 Å². The highest BCUT2D eigenvalue weighted by molar-refractivity contribution is 7.92. The summed E-state index contributed by atoms with van der Waals surface area (Å²) >= 11 is 6.04. The van der Waals surface area contributed by atoms with Crippen molar-refractivity contribution in [2.75, 3.05) is 30.7 Å². The van der Waals surface area contributed by atoms with E-state index in [0.29, 0.717) is 25.3 Å². The number of sulfonamides is 1. The molecule has 9 heteroatoms. The third-order valence-corrected chi connectivity index (χ3v) is 6.80. The van der Waals surface area contributed by atoms with E-state index in [1.807, 2.05) is 6.07 Å². The van der Waals surface area contributed by atoms with Crippen LogP contribution in [-0.4, -0.2) is 44.5 Å². The van der Waals surface area contributed by atoms with Gasteiger partial charge in [-0.1, -0.05) is 24.1 Å². The molecular weight excluding hydrogens is 462 g/mol. The molecule has 0 saturated carbocycles. The van der Waals surface area contributed by atoms with Gasteiger partial charge in [0.25, 0.3) is 0 Å². The number of aromatic nitrogens is 1. The summed E-state index contributed by atoms with van der Waals surface area (Å²) in [5.74, 6) is 0.838. The Kier molecular flexibility index (Phi) is 7.48. The van der Waals surface area contributed by atoms with Gasteiger partial charge < -0.3 is 20.1 Å². The Balaban J connectivity index is 1.28. The Morgan fingerprint density at radius 3 is 2.79 bits per heavy atom. The Morgan fingerprint density at radius 1 is 1.15 bits per heavy atom. The quantitative estimate of drug-likeness (QED) is 0.266. The SMILES string of the molecule is CS(=O)(=O)Nc1cc([C@@H](O)CNCCOc2ccc3[nH]c4c(c3c2)CCCCC4)ccc1Cl. The van der Waals surface area contributed by atoms with Crippen LogP contribution in [0.3, 0.4) is 0 Å². The summed E-state index contributed by atoms with van der Waals surface area (Å²) in [4.78, 5) is 3.57. The number of anilines is 1. The van der Waals surface area contributed by atoms with Crippen LogP contribution < -0.4 is 14.8 Å². The van der Waals surface area contributed by atoms with E-state index in [1.54, 1.807) is 18.2 Å². The number of aryl methyl sites for hydroxylation is 2. The molecule has 0 radical (unpaired) electrons. The molecule has 1 heterocycles. The zero-order valence-electron chi connectivity index (χ0n) is 18.7. The molecule has 0 spiro atoms. The maximum absolute atomic E-state index is 11.5. The van der Waals surface area contributed by atoms with Crippen LogP contribution in [-0.2, 0) is 22.9 Å². The van der Waals surface area contributed by atoms with Gasteiger partial charge in [0.1, 0.15) is 12.4 Å². The predicted molar refractivity (Wildman–Crippen MR) is 133 cm³/mol. The number of nitrogens with one attached hydrogen (secondary N) is 3. The molecule has 0 fully saturated rings. The van der Waals surface area contributed by atoms with Crippen LogP contribution in [0, 0.1) is 0 Å². The summed E-state index contributed by atoms with van der Waals surface area (Å²) in [7, 11) is -3.46. The second-order valence-electron chi connectivity index (χ2n) is 8.53. The van der Waals surface area contributed by atoms with Gasteiger partial charge in [0, 0.05) is 29.7 Å². The van der Waals surface area contributed by atoms with Crippen molar-refractivity contribution in [3.05, 3.63) is 58.2 Å². The van der Waals surface area contributed by atoms with Crippen molar-refractivity contribution in [2.45, 2.75) is 38.2 Å². The van der Waals surface area contributed by atoms with Crippen molar-refractivity contribution in [1.29, 1.82) is 0 Å². The first kappa shape index (κ1) is 23.9. The van der Waals surface area contributed by atoms with Gasteiger partial charge in [-0.3, -0.25) is 4.72 Å². The second kappa shape index (κ2) is 10.3. The number of ether oxygens (including phenoxy) is 1. The first-order chi connectivity index (χ1) is 15.8. The maximum atomic E-state index is 11.5. The van der Waals surface area contributed by atoms with E-state index in [0.717, 1.165) is 24.8 Å². The normalized spacial score (nSPS) is 15.1. The Morgan fingerprint density at radius 2 is 1.97 bits per heavy atom. The van der Waals surface area contributed by atoms with E-state index < -0.39 is 16.1 Å². The van der Waals surface area contributed by atoms with Gasteiger partial charge >= 0.3 is 0 Å². The van der Waals surface area contributed by atoms with Crippen molar-refractivity contribution >= 4 is 38.2 Å². The molecule has 0 aliphatic heterocycles. The Bertz CT molecular complexity index is 1230. The molecule has 2 aromatic carbocycles. The van der Waals surface area contributed by atoms with Crippen LogP contribution in [0.15, 0.2) is 36.4 Å². The van der Waals surface area contributed by atoms with Crippen LogP contribution in [0.25, 0.3) is 10.9 Å². The molecule has 178 valence electrons. The molecule has 0 amide bonds. The van der Waals surface area contributed by atoms with Crippen molar-refractivity contribution in [3.8, 4) is 5.75 Å². The first-order valence-electron chi connectivity index (χ1n) is 11.2. The van der Waals surface area contributed by atoms with Crippen molar-refractivity contribution < 1.29 is 18.3 Å². The van der Waals surface area contributed by atoms with Crippen LogP contribution in [0.4, 0.5) is 5.69 Å². The average molecular weight is 492 g/mol. The average Bonchev–Trinajstić information content (AvgIpc) is 2.94. The minimum Gasteiger partial charge on any atom is -0.492 e. The summed E-state index contributed by atoms with van der Waals surface area (Å²) in [5, 5.41) is 15.2. The summed E-state index contributed by atoms with van der Waals surface area (Å²) in [6, 6.07) is 11.0. The number of H-pyrrole nitrogens is 1. The zero-order chi connectivity index (χ0) is 23.4. The van der Waals surface area contributed by atoms with Gasteiger partial charge in [-0.05, 0) is 67.1 Å². The van der Waals surface area contributed by atoms with Crippen LogP contribution in [0.5, 0.6) is 5.75 Å². The lowest BCUT2D eigenvalue weighted by atomic mass is 10.1. The number of fused-ring (bicyclic) bond motifs is 3. The molecule has 1 aliphatic rings. The minimum atomic E-state index is -3.46. The highest BCUT2D eigenvalue weighted by Crippen LogP contribution is 2.31. The molecule has 0 bridgehead atoms. The minimum absolute atomic E-state index is 0.247. The number of hydrogen-bond acceptors (Lipinski definition) is 5. The number of benzene rings is 2. The van der Waals surface area contributed by atoms with Gasteiger partial charge in [0.15, 0.2) is 0 Å². The summed E-state index contributed by atoms with van der Waals surface area (Å²) < 4.78 is 31.2. The van der Waals surface area contributed by atoms with E-state index in [-0.39, 0.29) is 10.7 Å². The van der Waals surface area contributed by atoms with E-state index >= 15 is 0 Å². The van der Waals surface area contributed by atoms with Crippen molar-refractivity contribution in [3.63, 3.8) is 0 Å². The smallest absolute Gasteiger partial charge is 0.229 e. The predicted octanol–water partition coefficient (Wildman–Crippen LogP) is 4.16. The fourth-order valence-electron chi connectivity index (χ4n) is 4.28. The molecular formula is C24H30ClN3O4S. The maximum Gasteiger partial charge on any atom is 0.229 e. The fraction of sp³-hybridized carbons (Fsp3) is 0.417. The second-order valence-corrected chi connectivity index (χ2v) is 10.7. The number of hydrogen-bond donors (Lipinski definition) is 4. The number of halogens is 1. The zero-order valence-corrected chi connectivity index (χ0v) is 20.2. The molecule has 1 aliphatic carbocycles. The molecule has 4 rings (SSSR count). The highest BCUT2D eigenvalue weighted by atomic mass is 35.5. The van der Waals surface area contributed by atoms with Crippen molar-refractivity contribution in [1.82, 2.24) is 10.3 Å². The van der Waals surface area contributed by atoms with Crippen LogP contribution >= 0.6 is 11.6 Å². The summed E-state index contributed by atoms with van der Waals surface area (Å²) in [6.45, 7) is 1.32. The Hall–Kier alpha value is -2.26.